The molecule has 0 radical (unpaired) electrons. The van der Waals surface area contributed by atoms with Gasteiger partial charge in [-0.25, -0.2) is 4.98 Å². The number of carbonyl (C=O) groups is 1. The standard InChI is InChI=1S/C23H30ClN4O10P/c24-21-15(9-25)18(26-13-3-1-2-4-13)14-5-7-28(22(14)27-21)23-20(32)19(31)16(38-23)10-35-12-39(33,34)37-11-36-17(30)6-8-29/h5,7,13,16,19-20,23,29,31-32H,1-4,6,8,10-12H2,(H,26,27)(H,33,34)/t16-,19-,20-,23-/m1/s1. The van der Waals surface area contributed by atoms with Crippen molar-refractivity contribution in [3.63, 3.8) is 0 Å². The van der Waals surface area contributed by atoms with Crippen LogP contribution < -0.4 is 5.32 Å². The lowest BCUT2D eigenvalue weighted by atomic mass is 10.1. The molecule has 1 saturated heterocycles. The average Bonchev–Trinajstić information content (AvgIpc) is 3.61. The molecule has 1 aliphatic heterocycles. The van der Waals surface area contributed by atoms with Crippen molar-refractivity contribution in [3.8, 4) is 6.07 Å². The van der Waals surface area contributed by atoms with E-state index in [0.717, 1.165) is 25.7 Å². The molecule has 0 amide bonds. The van der Waals surface area contributed by atoms with Gasteiger partial charge in [-0.2, -0.15) is 5.26 Å². The number of hydrogen-bond donors (Lipinski definition) is 5. The molecule has 1 saturated carbocycles. The van der Waals surface area contributed by atoms with Gasteiger partial charge in [-0.1, -0.05) is 24.4 Å². The largest absolute Gasteiger partial charge is 0.438 e. The zero-order valence-electron chi connectivity index (χ0n) is 20.8. The smallest absolute Gasteiger partial charge is 0.356 e. The highest BCUT2D eigenvalue weighted by atomic mass is 35.5. The van der Waals surface area contributed by atoms with Gasteiger partial charge in [0.25, 0.3) is 0 Å². The first-order valence-corrected chi connectivity index (χ1v) is 14.5. The lowest BCUT2D eigenvalue weighted by Gasteiger charge is -2.19. The summed E-state index contributed by atoms with van der Waals surface area (Å²) in [4.78, 5) is 25.3. The van der Waals surface area contributed by atoms with Crippen molar-refractivity contribution in [1.82, 2.24) is 9.55 Å². The summed E-state index contributed by atoms with van der Waals surface area (Å²) in [6.45, 7) is -1.61. The van der Waals surface area contributed by atoms with Crippen LogP contribution in [0.15, 0.2) is 12.3 Å². The summed E-state index contributed by atoms with van der Waals surface area (Å²) in [6, 6.07) is 4.01. The second-order valence-electron chi connectivity index (χ2n) is 9.27. The maximum atomic E-state index is 12.1. The molecule has 214 valence electrons. The number of nitrogens with one attached hydrogen (secondary N) is 1. The zero-order valence-corrected chi connectivity index (χ0v) is 22.5. The van der Waals surface area contributed by atoms with Crippen LogP contribution in [0.1, 0.15) is 43.9 Å². The number of pyridine rings is 1. The predicted molar refractivity (Wildman–Crippen MR) is 136 cm³/mol. The van der Waals surface area contributed by atoms with Crippen LogP contribution in [0.4, 0.5) is 5.69 Å². The van der Waals surface area contributed by atoms with E-state index in [1.807, 2.05) is 0 Å². The van der Waals surface area contributed by atoms with Crippen LogP contribution in [-0.4, -0.2) is 86.4 Å². The average molecular weight is 589 g/mol. The molecule has 5 N–H and O–H groups in total. The minimum absolute atomic E-state index is 0.0147. The highest BCUT2D eigenvalue weighted by Gasteiger charge is 2.44. The van der Waals surface area contributed by atoms with Gasteiger partial charge in [0.05, 0.1) is 25.3 Å². The van der Waals surface area contributed by atoms with E-state index in [9.17, 15) is 29.7 Å². The van der Waals surface area contributed by atoms with Crippen molar-refractivity contribution in [1.29, 1.82) is 5.26 Å². The van der Waals surface area contributed by atoms with Crippen molar-refractivity contribution < 1.29 is 48.3 Å². The lowest BCUT2D eigenvalue weighted by Crippen LogP contribution is -2.34. The van der Waals surface area contributed by atoms with Crippen LogP contribution in [0.3, 0.4) is 0 Å². The Morgan fingerprint density at radius 2 is 2.08 bits per heavy atom. The van der Waals surface area contributed by atoms with Crippen LogP contribution >= 0.6 is 19.2 Å². The number of esters is 1. The van der Waals surface area contributed by atoms with E-state index in [-0.39, 0.29) is 29.8 Å². The molecule has 4 rings (SSSR count). The zero-order chi connectivity index (χ0) is 28.2. The number of nitrogens with zero attached hydrogens (tertiary/aromatic N) is 3. The molecular weight excluding hydrogens is 559 g/mol. The number of ether oxygens (including phenoxy) is 3. The van der Waals surface area contributed by atoms with E-state index >= 15 is 0 Å². The molecule has 2 aromatic rings. The number of aliphatic hydroxyl groups excluding tert-OH is 3. The number of aromatic nitrogens is 2. The van der Waals surface area contributed by atoms with Crippen molar-refractivity contribution in [2.24, 2.45) is 0 Å². The summed E-state index contributed by atoms with van der Waals surface area (Å²) in [5.74, 6) is -0.806. The summed E-state index contributed by atoms with van der Waals surface area (Å²) in [5.41, 5.74) is 1.10. The van der Waals surface area contributed by atoms with Crippen LogP contribution in [0.5, 0.6) is 0 Å². The molecule has 5 atom stereocenters. The second-order valence-corrected chi connectivity index (χ2v) is 11.4. The van der Waals surface area contributed by atoms with Crippen molar-refractivity contribution >= 4 is 41.9 Å². The minimum Gasteiger partial charge on any atom is -0.438 e. The summed E-state index contributed by atoms with van der Waals surface area (Å²) in [6.07, 6.45) is -0.356. The normalized spacial score (nSPS) is 25.0. The second kappa shape index (κ2) is 12.9. The monoisotopic (exact) mass is 588 g/mol. The number of fused-ring (bicyclic) bond motifs is 1. The Morgan fingerprint density at radius 1 is 1.33 bits per heavy atom. The Balaban J connectivity index is 1.42. The topological polar surface area (TPSA) is 206 Å². The van der Waals surface area contributed by atoms with Gasteiger partial charge in [-0.3, -0.25) is 13.9 Å². The number of hydrogen-bond acceptors (Lipinski definition) is 12. The quantitative estimate of drug-likeness (QED) is 0.103. The van der Waals surface area contributed by atoms with Crippen molar-refractivity contribution in [3.05, 3.63) is 23.0 Å². The van der Waals surface area contributed by atoms with E-state index in [1.54, 1.807) is 12.3 Å². The van der Waals surface area contributed by atoms with E-state index in [1.165, 1.54) is 4.57 Å². The fraction of sp³-hybridized carbons (Fsp3) is 0.609. The number of halogens is 1. The molecule has 2 fully saturated rings. The molecule has 2 aliphatic rings. The van der Waals surface area contributed by atoms with E-state index < -0.39 is 57.9 Å². The van der Waals surface area contributed by atoms with Gasteiger partial charge in [0.15, 0.2) is 11.4 Å². The third-order valence-electron chi connectivity index (χ3n) is 6.57. The molecule has 1 aliphatic carbocycles. The molecular formula is C23H30ClN4O10P. The Morgan fingerprint density at radius 3 is 2.77 bits per heavy atom. The van der Waals surface area contributed by atoms with Gasteiger partial charge in [0, 0.05) is 17.6 Å². The maximum Gasteiger partial charge on any atom is 0.356 e. The highest BCUT2D eigenvalue weighted by Crippen LogP contribution is 2.42. The van der Waals surface area contributed by atoms with Crippen molar-refractivity contribution in [2.45, 2.75) is 62.7 Å². The number of aliphatic hydroxyl groups is 3. The minimum atomic E-state index is -4.31. The van der Waals surface area contributed by atoms with Gasteiger partial charge in [0.2, 0.25) is 6.79 Å². The van der Waals surface area contributed by atoms with Crippen LogP contribution in [0.25, 0.3) is 11.0 Å². The first-order valence-electron chi connectivity index (χ1n) is 12.3. The van der Waals surface area contributed by atoms with Gasteiger partial charge >= 0.3 is 13.6 Å². The highest BCUT2D eigenvalue weighted by molar-refractivity contribution is 7.52. The summed E-state index contributed by atoms with van der Waals surface area (Å²) in [7, 11) is -4.31. The van der Waals surface area contributed by atoms with Crippen LogP contribution in [0.2, 0.25) is 5.15 Å². The third-order valence-corrected chi connectivity index (χ3v) is 7.86. The fourth-order valence-corrected chi connectivity index (χ4v) is 5.47. The number of anilines is 1. The molecule has 0 bridgehead atoms. The molecule has 1 unspecified atom stereocenters. The van der Waals surface area contributed by atoms with E-state index in [0.29, 0.717) is 16.7 Å². The molecule has 3 heterocycles. The SMILES string of the molecule is N#Cc1c(Cl)nc2c(ccn2[C@@H]2O[C@H](COCP(=O)(O)OCOC(=O)CCO)[C@@H](O)[C@H]2O)c1NC1CCCC1. The number of nitriles is 1. The number of carbonyl (C=O) groups excluding carboxylic acids is 1. The maximum absolute atomic E-state index is 12.1. The van der Waals surface area contributed by atoms with Crippen LogP contribution in [0, 0.1) is 11.3 Å². The molecule has 39 heavy (non-hydrogen) atoms. The molecule has 16 heteroatoms. The van der Waals surface area contributed by atoms with Gasteiger partial charge in [-0.15, -0.1) is 0 Å². The first-order chi connectivity index (χ1) is 18.6. The molecule has 2 aromatic heterocycles. The molecule has 0 spiro atoms. The molecule has 0 aromatic carbocycles. The summed E-state index contributed by atoms with van der Waals surface area (Å²) in [5, 5.41) is 43.6. The van der Waals surface area contributed by atoms with Gasteiger partial charge in [-0.05, 0) is 18.9 Å². The van der Waals surface area contributed by atoms with Gasteiger partial charge < -0.3 is 44.3 Å². The van der Waals surface area contributed by atoms with Crippen LogP contribution in [-0.2, 0) is 28.1 Å². The molecule has 14 nitrogen and oxygen atoms in total. The van der Waals surface area contributed by atoms with Gasteiger partial charge in [0.1, 0.15) is 41.9 Å². The Bertz CT molecular complexity index is 1260. The third kappa shape index (κ3) is 6.89. The Labute approximate surface area is 228 Å². The first kappa shape index (κ1) is 29.7. The summed E-state index contributed by atoms with van der Waals surface area (Å²) >= 11 is 6.34. The van der Waals surface area contributed by atoms with E-state index in [2.05, 4.69) is 25.6 Å². The lowest BCUT2D eigenvalue weighted by molar-refractivity contribution is -0.151. The number of rotatable bonds is 12. The predicted octanol–water partition coefficient (Wildman–Crippen LogP) is 1.59. The summed E-state index contributed by atoms with van der Waals surface area (Å²) < 4.78 is 33.8. The van der Waals surface area contributed by atoms with E-state index in [4.69, 9.17) is 26.2 Å². The Kier molecular flexibility index (Phi) is 9.82. The fourth-order valence-electron chi connectivity index (χ4n) is 4.63. The Hall–Kier alpha value is -2.31. The van der Waals surface area contributed by atoms with Crippen molar-refractivity contribution in [2.75, 3.05) is 31.7 Å².